The van der Waals surface area contributed by atoms with E-state index in [1.165, 1.54) is 4.31 Å². The lowest BCUT2D eigenvalue weighted by atomic mass is 10.0. The number of amides is 1. The van der Waals surface area contributed by atoms with Gasteiger partial charge in [0.05, 0.1) is 12.2 Å². The maximum absolute atomic E-state index is 12.7. The molecule has 9 heteroatoms. The van der Waals surface area contributed by atoms with E-state index in [2.05, 4.69) is 15.3 Å². The van der Waals surface area contributed by atoms with Gasteiger partial charge in [-0.1, -0.05) is 54.6 Å². The fraction of sp³-hybridized carbons (Fsp3) is 0.320. The molecule has 178 valence electrons. The fourth-order valence-electron chi connectivity index (χ4n) is 3.93. The summed E-state index contributed by atoms with van der Waals surface area (Å²) in [4.78, 5) is 22.7. The van der Waals surface area contributed by atoms with E-state index in [0.717, 1.165) is 16.7 Å². The predicted octanol–water partition coefficient (Wildman–Crippen LogP) is 2.34. The molecule has 0 bridgehead atoms. The Balaban J connectivity index is 1.17. The average Bonchev–Trinajstić information content (AvgIpc) is 2.88. The third-order valence-corrected chi connectivity index (χ3v) is 7.75. The number of carbonyl (C=O) groups is 1. The van der Waals surface area contributed by atoms with Crippen molar-refractivity contribution in [1.82, 2.24) is 19.6 Å². The molecule has 1 saturated heterocycles. The Morgan fingerprint density at radius 3 is 2.18 bits per heavy atom. The van der Waals surface area contributed by atoms with E-state index in [9.17, 15) is 13.2 Å². The van der Waals surface area contributed by atoms with Gasteiger partial charge in [0.1, 0.15) is 0 Å². The van der Waals surface area contributed by atoms with Crippen molar-refractivity contribution in [3.05, 3.63) is 78.6 Å². The molecular formula is C25H29N5O3S. The molecule has 1 N–H and O–H groups in total. The summed E-state index contributed by atoms with van der Waals surface area (Å²) in [6.07, 6.45) is 4.01. The van der Waals surface area contributed by atoms with E-state index >= 15 is 0 Å². The molecule has 4 rings (SSSR count). The lowest BCUT2D eigenvalue weighted by molar-refractivity contribution is -0.120. The Morgan fingerprint density at radius 2 is 1.50 bits per heavy atom. The van der Waals surface area contributed by atoms with Gasteiger partial charge in [0.15, 0.2) is 0 Å². The summed E-state index contributed by atoms with van der Waals surface area (Å²) in [5.74, 6) is 0.527. The van der Waals surface area contributed by atoms with Gasteiger partial charge in [0.2, 0.25) is 21.9 Å². The summed E-state index contributed by atoms with van der Waals surface area (Å²) in [5, 5.41) is 2.83. The molecule has 1 aromatic heterocycles. The summed E-state index contributed by atoms with van der Waals surface area (Å²) in [6, 6.07) is 19.7. The van der Waals surface area contributed by atoms with Crippen molar-refractivity contribution < 1.29 is 13.2 Å². The van der Waals surface area contributed by atoms with Crippen LogP contribution in [0.15, 0.2) is 73.1 Å². The van der Waals surface area contributed by atoms with Gasteiger partial charge >= 0.3 is 0 Å². The number of aromatic nitrogens is 2. The summed E-state index contributed by atoms with van der Waals surface area (Å²) >= 11 is 0. The number of benzene rings is 2. The minimum atomic E-state index is -3.36. The largest absolute Gasteiger partial charge is 0.356 e. The number of hydrogen-bond acceptors (Lipinski definition) is 6. The summed E-state index contributed by atoms with van der Waals surface area (Å²) in [6.45, 7) is 2.27. The van der Waals surface area contributed by atoms with Crippen LogP contribution in [0.25, 0.3) is 11.1 Å². The zero-order valence-electron chi connectivity index (χ0n) is 19.0. The fourth-order valence-corrected chi connectivity index (χ4v) is 5.41. The van der Waals surface area contributed by atoms with Crippen LogP contribution in [0.2, 0.25) is 0 Å². The van der Waals surface area contributed by atoms with Gasteiger partial charge in [-0.25, -0.2) is 18.4 Å². The van der Waals surface area contributed by atoms with Crippen LogP contribution in [-0.2, 0) is 21.2 Å². The van der Waals surface area contributed by atoms with Crippen molar-refractivity contribution in [1.29, 1.82) is 0 Å². The lowest BCUT2D eigenvalue weighted by Gasteiger charge is -2.33. The van der Waals surface area contributed by atoms with Crippen LogP contribution in [0.1, 0.15) is 12.0 Å². The smallest absolute Gasteiger partial charge is 0.225 e. The van der Waals surface area contributed by atoms with Gasteiger partial charge in [-0.2, -0.15) is 4.31 Å². The van der Waals surface area contributed by atoms with E-state index in [1.807, 2.05) is 59.5 Å². The van der Waals surface area contributed by atoms with Crippen LogP contribution in [0.5, 0.6) is 0 Å². The Bertz CT molecular complexity index is 1160. The molecule has 3 aromatic rings. The topological polar surface area (TPSA) is 95.5 Å². The summed E-state index contributed by atoms with van der Waals surface area (Å²) in [5.41, 5.74) is 3.16. The number of hydrogen-bond donors (Lipinski definition) is 1. The Morgan fingerprint density at radius 1 is 0.853 bits per heavy atom. The minimum absolute atomic E-state index is 0.0148. The van der Waals surface area contributed by atoms with Crippen LogP contribution >= 0.6 is 0 Å². The quantitative estimate of drug-likeness (QED) is 0.474. The first kappa shape index (κ1) is 23.8. The van der Waals surface area contributed by atoms with E-state index in [4.69, 9.17) is 0 Å². The number of anilines is 1. The Kier molecular flexibility index (Phi) is 7.87. The molecule has 1 aliphatic rings. The van der Waals surface area contributed by atoms with Gasteiger partial charge in [0, 0.05) is 45.1 Å². The van der Waals surface area contributed by atoms with E-state index in [1.54, 1.807) is 18.5 Å². The van der Waals surface area contributed by atoms with Crippen molar-refractivity contribution in [3.63, 3.8) is 0 Å². The third-order valence-electron chi connectivity index (χ3n) is 5.79. The van der Waals surface area contributed by atoms with E-state index < -0.39 is 10.0 Å². The standard InChI is InChI=1S/C25H29N5O3S/c31-24(20-21-8-10-23(11-9-21)22-6-2-1-3-7-22)26-14-5-19-34(32,33)30-17-15-29(16-18-30)25-27-12-4-13-28-25/h1-4,6-13H,5,14-20H2,(H,26,31). The predicted molar refractivity (Wildman–Crippen MR) is 133 cm³/mol. The first-order valence-corrected chi connectivity index (χ1v) is 13.0. The summed E-state index contributed by atoms with van der Waals surface area (Å²) < 4.78 is 26.9. The van der Waals surface area contributed by atoms with Crippen molar-refractivity contribution in [2.75, 3.05) is 43.4 Å². The van der Waals surface area contributed by atoms with Crippen molar-refractivity contribution in [3.8, 4) is 11.1 Å². The molecule has 1 amide bonds. The molecule has 0 aliphatic carbocycles. The zero-order valence-corrected chi connectivity index (χ0v) is 19.8. The minimum Gasteiger partial charge on any atom is -0.356 e. The Hall–Kier alpha value is -3.30. The second-order valence-electron chi connectivity index (χ2n) is 8.19. The lowest BCUT2D eigenvalue weighted by Crippen LogP contribution is -2.49. The molecule has 0 unspecified atom stereocenters. The number of nitrogens with one attached hydrogen (secondary N) is 1. The zero-order chi connectivity index (χ0) is 23.8. The van der Waals surface area contributed by atoms with Gasteiger partial charge in [0.25, 0.3) is 0 Å². The first-order chi connectivity index (χ1) is 16.5. The van der Waals surface area contributed by atoms with E-state index in [-0.39, 0.29) is 18.1 Å². The molecule has 0 radical (unpaired) electrons. The highest BCUT2D eigenvalue weighted by Gasteiger charge is 2.27. The number of nitrogens with zero attached hydrogens (tertiary/aromatic N) is 4. The SMILES string of the molecule is O=C(Cc1ccc(-c2ccccc2)cc1)NCCCS(=O)(=O)N1CCN(c2ncccn2)CC1. The Labute approximate surface area is 200 Å². The number of sulfonamides is 1. The maximum Gasteiger partial charge on any atom is 0.225 e. The van der Waals surface area contributed by atoms with Gasteiger partial charge < -0.3 is 10.2 Å². The van der Waals surface area contributed by atoms with Crippen LogP contribution < -0.4 is 10.2 Å². The highest BCUT2D eigenvalue weighted by atomic mass is 32.2. The second kappa shape index (κ2) is 11.2. The number of carbonyl (C=O) groups excluding carboxylic acids is 1. The monoisotopic (exact) mass is 479 g/mol. The number of piperazine rings is 1. The summed E-state index contributed by atoms with van der Waals surface area (Å²) in [7, 11) is -3.36. The van der Waals surface area contributed by atoms with Gasteiger partial charge in [-0.3, -0.25) is 4.79 Å². The van der Waals surface area contributed by atoms with Crippen LogP contribution in [-0.4, -0.2) is 67.1 Å². The molecule has 34 heavy (non-hydrogen) atoms. The molecule has 0 saturated carbocycles. The molecule has 0 atom stereocenters. The molecule has 1 fully saturated rings. The highest BCUT2D eigenvalue weighted by molar-refractivity contribution is 7.89. The molecule has 0 spiro atoms. The van der Waals surface area contributed by atoms with Crippen molar-refractivity contribution in [2.24, 2.45) is 0 Å². The molecule has 8 nitrogen and oxygen atoms in total. The van der Waals surface area contributed by atoms with Crippen molar-refractivity contribution in [2.45, 2.75) is 12.8 Å². The normalized spacial score (nSPS) is 14.6. The van der Waals surface area contributed by atoms with E-state index in [0.29, 0.717) is 45.1 Å². The molecular weight excluding hydrogens is 450 g/mol. The molecule has 2 aromatic carbocycles. The third kappa shape index (κ3) is 6.39. The average molecular weight is 480 g/mol. The first-order valence-electron chi connectivity index (χ1n) is 11.4. The van der Waals surface area contributed by atoms with Crippen LogP contribution in [0.3, 0.4) is 0 Å². The van der Waals surface area contributed by atoms with Gasteiger partial charge in [-0.15, -0.1) is 0 Å². The van der Waals surface area contributed by atoms with Crippen LogP contribution in [0.4, 0.5) is 5.95 Å². The molecule has 1 aliphatic heterocycles. The van der Waals surface area contributed by atoms with Crippen LogP contribution in [0, 0.1) is 0 Å². The van der Waals surface area contributed by atoms with Gasteiger partial charge in [-0.05, 0) is 29.2 Å². The maximum atomic E-state index is 12.7. The molecule has 2 heterocycles. The highest BCUT2D eigenvalue weighted by Crippen LogP contribution is 2.19. The second-order valence-corrected chi connectivity index (χ2v) is 10.3. The number of rotatable bonds is 9. The van der Waals surface area contributed by atoms with Crippen molar-refractivity contribution >= 4 is 21.9 Å².